The van der Waals surface area contributed by atoms with Crippen molar-refractivity contribution in [1.29, 1.82) is 0 Å². The number of carboxylic acids is 1. The number of anilines is 2. The summed E-state index contributed by atoms with van der Waals surface area (Å²) in [5, 5.41) is 8.75. The van der Waals surface area contributed by atoms with E-state index in [9.17, 15) is 9.18 Å². The number of unbranched alkanes of at least 4 members (excludes halogenated alkanes) is 1. The second kappa shape index (κ2) is 13.3. The van der Waals surface area contributed by atoms with Gasteiger partial charge in [0.25, 0.3) is 0 Å². The van der Waals surface area contributed by atoms with Gasteiger partial charge in [0, 0.05) is 18.8 Å². The number of halogens is 1. The molecular formula is C23H29FN2O3S2. The number of aliphatic carboxylic acids is 1. The summed E-state index contributed by atoms with van der Waals surface area (Å²) >= 11 is 3.11. The van der Waals surface area contributed by atoms with Crippen molar-refractivity contribution >= 4 is 41.1 Å². The Morgan fingerprint density at radius 2 is 1.97 bits per heavy atom. The molecule has 0 saturated heterocycles. The topological polar surface area (TPSA) is 61.8 Å². The third kappa shape index (κ3) is 7.79. The van der Waals surface area contributed by atoms with Gasteiger partial charge in [-0.1, -0.05) is 33.6 Å². The molecule has 2 N–H and O–H groups in total. The van der Waals surface area contributed by atoms with Crippen LogP contribution in [0.3, 0.4) is 0 Å². The highest BCUT2D eigenvalue weighted by Gasteiger charge is 2.20. The number of nitrogens with zero attached hydrogens (tertiary/aromatic N) is 1. The number of fused-ring (bicyclic) bond motifs is 1. The molecule has 0 saturated carbocycles. The summed E-state index contributed by atoms with van der Waals surface area (Å²) in [7, 11) is 0. The van der Waals surface area contributed by atoms with Gasteiger partial charge in [-0.25, -0.2) is 9.18 Å². The Balaban J connectivity index is 0.000000785. The van der Waals surface area contributed by atoms with E-state index in [1.165, 1.54) is 43.2 Å². The first kappa shape index (κ1) is 25.1. The Hall–Kier alpha value is -2.16. The maximum atomic E-state index is 13.3. The first-order valence-electron chi connectivity index (χ1n) is 10.3. The molecule has 1 aliphatic heterocycles. The molecule has 0 spiro atoms. The van der Waals surface area contributed by atoms with Crippen LogP contribution >= 0.6 is 23.7 Å². The van der Waals surface area contributed by atoms with Crippen molar-refractivity contribution in [3.63, 3.8) is 0 Å². The number of carbonyl (C=O) groups is 1. The number of hydrogen-bond donors (Lipinski definition) is 2. The zero-order valence-electron chi connectivity index (χ0n) is 18.1. The van der Waals surface area contributed by atoms with E-state index in [4.69, 9.17) is 9.84 Å². The molecule has 31 heavy (non-hydrogen) atoms. The minimum Gasteiger partial charge on any atom is -0.478 e. The lowest BCUT2D eigenvalue weighted by atomic mass is 10.2. The van der Waals surface area contributed by atoms with Crippen LogP contribution in [-0.4, -0.2) is 29.9 Å². The zero-order valence-corrected chi connectivity index (χ0v) is 19.7. The van der Waals surface area contributed by atoms with Gasteiger partial charge in [-0.2, -0.15) is 0 Å². The summed E-state index contributed by atoms with van der Waals surface area (Å²) < 4.78 is 22.2. The Bertz CT molecular complexity index is 874. The smallest absolute Gasteiger partial charge is 0.331 e. The third-order valence-corrected chi connectivity index (χ3v) is 6.09. The fraction of sp³-hybridized carbons (Fsp3) is 0.348. The Morgan fingerprint density at radius 1 is 1.26 bits per heavy atom. The molecule has 1 heterocycles. The molecule has 0 aliphatic carbocycles. The van der Waals surface area contributed by atoms with E-state index < -0.39 is 5.97 Å². The molecule has 2 aromatic rings. The van der Waals surface area contributed by atoms with Crippen LogP contribution in [0.1, 0.15) is 33.6 Å². The molecular weight excluding hydrogens is 435 g/mol. The number of benzene rings is 2. The van der Waals surface area contributed by atoms with E-state index in [1.807, 2.05) is 19.1 Å². The van der Waals surface area contributed by atoms with Crippen LogP contribution in [-0.2, 0) is 4.79 Å². The predicted molar refractivity (Wildman–Crippen MR) is 128 cm³/mol. The number of thioether (sulfide) groups is 1. The van der Waals surface area contributed by atoms with Gasteiger partial charge < -0.3 is 14.7 Å². The quantitative estimate of drug-likeness (QED) is 0.211. The zero-order chi connectivity index (χ0) is 22.6. The molecule has 3 rings (SSSR count). The van der Waals surface area contributed by atoms with Crippen molar-refractivity contribution in [2.45, 2.75) is 43.4 Å². The third-order valence-electron chi connectivity index (χ3n) is 4.28. The first-order chi connectivity index (χ1) is 15.0. The van der Waals surface area contributed by atoms with E-state index in [-0.39, 0.29) is 5.82 Å². The van der Waals surface area contributed by atoms with Gasteiger partial charge in [0.05, 0.1) is 27.8 Å². The van der Waals surface area contributed by atoms with Crippen LogP contribution in [0, 0.1) is 5.82 Å². The van der Waals surface area contributed by atoms with Crippen molar-refractivity contribution in [3.05, 3.63) is 54.6 Å². The van der Waals surface area contributed by atoms with Gasteiger partial charge in [0.1, 0.15) is 11.6 Å². The van der Waals surface area contributed by atoms with Crippen molar-refractivity contribution in [1.82, 2.24) is 4.72 Å². The second-order valence-electron chi connectivity index (χ2n) is 6.58. The van der Waals surface area contributed by atoms with Gasteiger partial charge >= 0.3 is 5.97 Å². The lowest BCUT2D eigenvalue weighted by Crippen LogP contribution is -2.23. The van der Waals surface area contributed by atoms with Crippen LogP contribution in [0.25, 0.3) is 0 Å². The van der Waals surface area contributed by atoms with E-state index in [1.54, 1.807) is 23.9 Å². The Kier molecular flexibility index (Phi) is 10.8. The minimum absolute atomic E-state index is 0.266. The molecule has 5 nitrogen and oxygen atoms in total. The number of rotatable bonds is 7. The number of hydrogen-bond acceptors (Lipinski definition) is 6. The number of ether oxygens (including phenoxy) is 1. The Morgan fingerprint density at radius 3 is 2.58 bits per heavy atom. The average molecular weight is 465 g/mol. The van der Waals surface area contributed by atoms with Crippen molar-refractivity contribution in [2.24, 2.45) is 0 Å². The van der Waals surface area contributed by atoms with Crippen LogP contribution in [0.4, 0.5) is 15.8 Å². The highest BCUT2D eigenvalue weighted by Crippen LogP contribution is 2.43. The van der Waals surface area contributed by atoms with Crippen LogP contribution in [0.5, 0.6) is 5.75 Å². The van der Waals surface area contributed by atoms with Gasteiger partial charge in [-0.3, -0.25) is 4.72 Å². The fourth-order valence-corrected chi connectivity index (χ4v) is 4.19. The average Bonchev–Trinajstić information content (AvgIpc) is 2.96. The lowest BCUT2D eigenvalue weighted by Gasteiger charge is -2.25. The molecule has 0 unspecified atom stereocenters. The molecule has 0 radical (unpaired) electrons. The molecule has 0 amide bonds. The van der Waals surface area contributed by atoms with Gasteiger partial charge in [0.15, 0.2) is 0 Å². The van der Waals surface area contributed by atoms with E-state index in [0.29, 0.717) is 5.75 Å². The van der Waals surface area contributed by atoms with E-state index in [2.05, 4.69) is 23.5 Å². The van der Waals surface area contributed by atoms with Crippen LogP contribution in [0.2, 0.25) is 0 Å². The molecule has 2 aromatic carbocycles. The maximum absolute atomic E-state index is 13.3. The summed E-state index contributed by atoms with van der Waals surface area (Å²) in [6, 6.07) is 10.4. The van der Waals surface area contributed by atoms with Crippen molar-refractivity contribution in [2.75, 3.05) is 23.7 Å². The summed E-state index contributed by atoms with van der Waals surface area (Å²) in [5.41, 5.74) is 1.91. The summed E-state index contributed by atoms with van der Waals surface area (Å²) in [6.07, 6.45) is 4.78. The SMILES string of the molecule is CCCC.CCSc1cc2c(cc1O/C=C/C(=O)O)SNCCN2c1ccc(F)cc1. The fourth-order valence-electron chi connectivity index (χ4n) is 2.65. The molecule has 0 aromatic heterocycles. The molecule has 168 valence electrons. The first-order valence-corrected chi connectivity index (χ1v) is 12.1. The number of carboxylic acid groups (broad SMARTS) is 1. The van der Waals surface area contributed by atoms with Gasteiger partial charge in [-0.15, -0.1) is 11.8 Å². The minimum atomic E-state index is -1.06. The summed E-state index contributed by atoms with van der Waals surface area (Å²) in [4.78, 5) is 14.7. The second-order valence-corrected chi connectivity index (χ2v) is 8.82. The van der Waals surface area contributed by atoms with Gasteiger partial charge in [-0.05, 0) is 54.1 Å². The van der Waals surface area contributed by atoms with Crippen molar-refractivity contribution in [3.8, 4) is 5.75 Å². The van der Waals surface area contributed by atoms with Crippen LogP contribution in [0.15, 0.2) is 58.5 Å². The molecule has 1 aliphatic rings. The summed E-state index contributed by atoms with van der Waals surface area (Å²) in [6.45, 7) is 7.89. The predicted octanol–water partition coefficient (Wildman–Crippen LogP) is 6.47. The standard InChI is InChI=1S/C19H19FN2O3S2.C4H10/c1-2-26-18-11-15-17(12-16(18)25-10-7-19(23)24)27-21-8-9-22(15)14-5-3-13(20)4-6-14;1-3-4-2/h3-7,10-12,21H,2,8-9H2,1H3,(H,23,24);3-4H2,1-2H3/b10-7+;. The van der Waals surface area contributed by atoms with Crippen molar-refractivity contribution < 1.29 is 19.0 Å². The number of nitrogens with one attached hydrogen (secondary N) is 1. The highest BCUT2D eigenvalue weighted by atomic mass is 32.2. The maximum Gasteiger partial charge on any atom is 0.331 e. The van der Waals surface area contributed by atoms with Gasteiger partial charge in [0.2, 0.25) is 0 Å². The lowest BCUT2D eigenvalue weighted by molar-refractivity contribution is -0.131. The Labute approximate surface area is 192 Å². The van der Waals surface area contributed by atoms with E-state index >= 15 is 0 Å². The molecule has 0 fully saturated rings. The van der Waals surface area contributed by atoms with E-state index in [0.717, 1.165) is 46.1 Å². The normalized spacial score (nSPS) is 13.2. The largest absolute Gasteiger partial charge is 0.478 e. The monoisotopic (exact) mass is 464 g/mol. The molecule has 8 heteroatoms. The highest BCUT2D eigenvalue weighted by molar-refractivity contribution is 7.99. The molecule has 0 atom stereocenters. The van der Waals surface area contributed by atoms with Crippen LogP contribution < -0.4 is 14.4 Å². The summed E-state index contributed by atoms with van der Waals surface area (Å²) in [5.74, 6) is 0.124. The molecule has 0 bridgehead atoms.